The third kappa shape index (κ3) is 3.98. The molecule has 0 aliphatic rings. The molecule has 0 aliphatic carbocycles. The largest absolute Gasteiger partial charge is 0.493 e. The van der Waals surface area contributed by atoms with Crippen LogP contribution in [0, 0.1) is 0 Å². The summed E-state index contributed by atoms with van der Waals surface area (Å²) in [5.74, 6) is -0.412. The van der Waals surface area contributed by atoms with Crippen molar-refractivity contribution in [3.63, 3.8) is 0 Å². The molecular formula is C15H16N2O4S. The van der Waals surface area contributed by atoms with E-state index in [0.29, 0.717) is 23.7 Å². The van der Waals surface area contributed by atoms with Crippen LogP contribution in [-0.2, 0) is 16.1 Å². The van der Waals surface area contributed by atoms with Crippen LogP contribution < -0.4 is 20.1 Å². The van der Waals surface area contributed by atoms with E-state index in [1.54, 1.807) is 18.2 Å². The van der Waals surface area contributed by atoms with Gasteiger partial charge in [-0.3, -0.25) is 9.59 Å². The molecule has 0 radical (unpaired) electrons. The molecule has 7 heteroatoms. The topological polar surface area (TPSA) is 76.7 Å². The summed E-state index contributed by atoms with van der Waals surface area (Å²) in [6.45, 7) is 0.321. The molecule has 1 aromatic carbocycles. The van der Waals surface area contributed by atoms with Gasteiger partial charge < -0.3 is 20.1 Å². The first-order valence-corrected chi connectivity index (χ1v) is 7.40. The zero-order valence-corrected chi connectivity index (χ0v) is 13.0. The zero-order valence-electron chi connectivity index (χ0n) is 12.2. The fraction of sp³-hybridized carbons (Fsp3) is 0.200. The summed E-state index contributed by atoms with van der Waals surface area (Å²) in [6, 6.07) is 6.75. The lowest BCUT2D eigenvalue weighted by Gasteiger charge is -2.10. The van der Waals surface area contributed by atoms with Gasteiger partial charge in [0, 0.05) is 18.3 Å². The van der Waals surface area contributed by atoms with Crippen LogP contribution >= 0.6 is 11.3 Å². The maximum absolute atomic E-state index is 11.8. The number of carbonyl (C=O) groups is 2. The number of hydrogen-bond donors (Lipinski definition) is 2. The standard InChI is InChI=1S/C15H16N2O4S/c1-20-12-4-3-11(7-13(12)21-2)17-15(19)14(18)16-8-10-5-6-22-9-10/h3-7,9H,8H2,1-2H3,(H,16,18)(H,17,19). The van der Waals surface area contributed by atoms with E-state index in [0.717, 1.165) is 5.56 Å². The molecule has 6 nitrogen and oxygen atoms in total. The van der Waals surface area contributed by atoms with Crippen LogP contribution in [0.25, 0.3) is 0 Å². The van der Waals surface area contributed by atoms with Crippen molar-refractivity contribution in [3.05, 3.63) is 40.6 Å². The Morgan fingerprint density at radius 3 is 2.50 bits per heavy atom. The van der Waals surface area contributed by atoms with Gasteiger partial charge in [0.2, 0.25) is 0 Å². The van der Waals surface area contributed by atoms with Crippen molar-refractivity contribution in [2.45, 2.75) is 6.54 Å². The Labute approximate surface area is 132 Å². The number of methoxy groups -OCH3 is 2. The average Bonchev–Trinajstić information content (AvgIpc) is 3.05. The minimum Gasteiger partial charge on any atom is -0.493 e. The molecule has 22 heavy (non-hydrogen) atoms. The van der Waals surface area contributed by atoms with E-state index in [9.17, 15) is 9.59 Å². The first-order chi connectivity index (χ1) is 10.6. The zero-order chi connectivity index (χ0) is 15.9. The lowest BCUT2D eigenvalue weighted by atomic mass is 10.2. The molecule has 0 saturated carbocycles. The second kappa shape index (κ2) is 7.46. The minimum atomic E-state index is -0.734. The molecule has 1 aromatic heterocycles. The monoisotopic (exact) mass is 320 g/mol. The van der Waals surface area contributed by atoms with Crippen molar-refractivity contribution in [3.8, 4) is 11.5 Å². The van der Waals surface area contributed by atoms with Gasteiger partial charge in [0.1, 0.15) is 0 Å². The summed E-state index contributed by atoms with van der Waals surface area (Å²) in [5.41, 5.74) is 1.41. The van der Waals surface area contributed by atoms with E-state index < -0.39 is 11.8 Å². The molecule has 0 aliphatic heterocycles. The second-order valence-corrected chi connectivity index (χ2v) is 5.12. The van der Waals surface area contributed by atoms with Crippen LogP contribution in [0.3, 0.4) is 0 Å². The second-order valence-electron chi connectivity index (χ2n) is 4.34. The summed E-state index contributed by atoms with van der Waals surface area (Å²) < 4.78 is 10.2. The fourth-order valence-corrected chi connectivity index (χ4v) is 2.43. The van der Waals surface area contributed by atoms with Crippen LogP contribution in [-0.4, -0.2) is 26.0 Å². The highest BCUT2D eigenvalue weighted by molar-refractivity contribution is 7.07. The van der Waals surface area contributed by atoms with E-state index in [4.69, 9.17) is 9.47 Å². The number of ether oxygens (including phenoxy) is 2. The number of nitrogens with one attached hydrogen (secondary N) is 2. The molecule has 0 bridgehead atoms. The first kappa shape index (κ1) is 15.8. The summed E-state index contributed by atoms with van der Waals surface area (Å²) >= 11 is 1.53. The van der Waals surface area contributed by atoms with Gasteiger partial charge in [0.25, 0.3) is 0 Å². The Hall–Kier alpha value is -2.54. The van der Waals surface area contributed by atoms with Gasteiger partial charge >= 0.3 is 11.8 Å². The molecule has 1 heterocycles. The molecule has 0 fully saturated rings. The van der Waals surface area contributed by atoms with Crippen LogP contribution in [0.4, 0.5) is 5.69 Å². The molecule has 2 rings (SSSR count). The Balaban J connectivity index is 1.94. The maximum atomic E-state index is 11.8. The SMILES string of the molecule is COc1ccc(NC(=O)C(=O)NCc2ccsc2)cc1OC. The van der Waals surface area contributed by atoms with E-state index in [1.807, 2.05) is 16.8 Å². The van der Waals surface area contributed by atoms with Gasteiger partial charge in [-0.2, -0.15) is 11.3 Å². The van der Waals surface area contributed by atoms with E-state index in [2.05, 4.69) is 10.6 Å². The van der Waals surface area contributed by atoms with Crippen molar-refractivity contribution in [2.75, 3.05) is 19.5 Å². The predicted molar refractivity (Wildman–Crippen MR) is 84.3 cm³/mol. The number of hydrogen-bond acceptors (Lipinski definition) is 5. The van der Waals surface area contributed by atoms with Crippen molar-refractivity contribution in [1.82, 2.24) is 5.32 Å². The normalized spacial score (nSPS) is 9.91. The lowest BCUT2D eigenvalue weighted by molar-refractivity contribution is -0.136. The lowest BCUT2D eigenvalue weighted by Crippen LogP contribution is -2.34. The van der Waals surface area contributed by atoms with Crippen LogP contribution in [0.5, 0.6) is 11.5 Å². The Morgan fingerprint density at radius 2 is 1.86 bits per heavy atom. The third-order valence-corrected chi connectivity index (χ3v) is 3.61. The highest BCUT2D eigenvalue weighted by Crippen LogP contribution is 2.29. The van der Waals surface area contributed by atoms with Crippen LogP contribution in [0.2, 0.25) is 0 Å². The molecule has 0 spiro atoms. The van der Waals surface area contributed by atoms with Crippen molar-refractivity contribution in [1.29, 1.82) is 0 Å². The van der Waals surface area contributed by atoms with Gasteiger partial charge in [0.05, 0.1) is 14.2 Å². The fourth-order valence-electron chi connectivity index (χ4n) is 1.76. The predicted octanol–water partition coefficient (Wildman–Crippen LogP) is 2.02. The minimum absolute atomic E-state index is 0.321. The Morgan fingerprint density at radius 1 is 1.09 bits per heavy atom. The highest BCUT2D eigenvalue weighted by atomic mass is 32.1. The quantitative estimate of drug-likeness (QED) is 0.826. The third-order valence-electron chi connectivity index (χ3n) is 2.88. The van der Waals surface area contributed by atoms with Gasteiger partial charge in [-0.1, -0.05) is 0 Å². The van der Waals surface area contributed by atoms with Gasteiger partial charge in [-0.15, -0.1) is 0 Å². The average molecular weight is 320 g/mol. The number of carbonyl (C=O) groups excluding carboxylic acids is 2. The summed E-state index contributed by atoms with van der Waals surface area (Å²) in [6.07, 6.45) is 0. The van der Waals surface area contributed by atoms with Crippen LogP contribution in [0.15, 0.2) is 35.0 Å². The molecule has 0 saturated heterocycles. The molecule has 2 N–H and O–H groups in total. The highest BCUT2D eigenvalue weighted by Gasteiger charge is 2.14. The number of benzene rings is 1. The van der Waals surface area contributed by atoms with Crippen LogP contribution in [0.1, 0.15) is 5.56 Å². The molecular weight excluding hydrogens is 304 g/mol. The van der Waals surface area contributed by atoms with E-state index >= 15 is 0 Å². The first-order valence-electron chi connectivity index (χ1n) is 6.46. The van der Waals surface area contributed by atoms with Gasteiger partial charge in [-0.05, 0) is 34.5 Å². The van der Waals surface area contributed by atoms with E-state index in [-0.39, 0.29) is 0 Å². The summed E-state index contributed by atoms with van der Waals surface area (Å²) in [5, 5.41) is 8.89. The Kier molecular flexibility index (Phi) is 5.37. The smallest absolute Gasteiger partial charge is 0.313 e. The summed E-state index contributed by atoms with van der Waals surface area (Å²) in [7, 11) is 3.02. The van der Waals surface area contributed by atoms with Crippen molar-refractivity contribution < 1.29 is 19.1 Å². The summed E-state index contributed by atoms with van der Waals surface area (Å²) in [4.78, 5) is 23.6. The molecule has 0 atom stereocenters. The number of anilines is 1. The van der Waals surface area contributed by atoms with Gasteiger partial charge in [-0.25, -0.2) is 0 Å². The van der Waals surface area contributed by atoms with Gasteiger partial charge in [0.15, 0.2) is 11.5 Å². The maximum Gasteiger partial charge on any atom is 0.313 e. The van der Waals surface area contributed by atoms with E-state index in [1.165, 1.54) is 25.6 Å². The molecule has 0 unspecified atom stereocenters. The molecule has 2 amide bonds. The molecule has 2 aromatic rings. The van der Waals surface area contributed by atoms with Crippen molar-refractivity contribution in [2.24, 2.45) is 0 Å². The number of rotatable bonds is 5. The Bertz CT molecular complexity index is 656. The number of amides is 2. The number of thiophene rings is 1. The molecule has 116 valence electrons. The van der Waals surface area contributed by atoms with Crippen molar-refractivity contribution >= 4 is 28.8 Å².